The zero-order valence-electron chi connectivity index (χ0n) is 19.7. The van der Waals surface area contributed by atoms with Crippen molar-refractivity contribution in [1.29, 1.82) is 0 Å². The number of H-pyrrole nitrogens is 1. The van der Waals surface area contributed by atoms with Gasteiger partial charge >= 0.3 is 5.97 Å². The number of para-hydroxylation sites is 2. The van der Waals surface area contributed by atoms with Crippen LogP contribution in [0.25, 0.3) is 10.9 Å². The predicted molar refractivity (Wildman–Crippen MR) is 138 cm³/mol. The molecule has 2 atom stereocenters. The fourth-order valence-electron chi connectivity index (χ4n) is 4.94. The number of hydrogen-bond donors (Lipinski definition) is 3. The minimum absolute atomic E-state index is 0.165. The van der Waals surface area contributed by atoms with Crippen molar-refractivity contribution in [2.45, 2.75) is 37.8 Å². The monoisotopic (exact) mass is 481 g/mol. The molecule has 5 rings (SSSR count). The van der Waals surface area contributed by atoms with Crippen LogP contribution in [0, 0.1) is 0 Å². The van der Waals surface area contributed by atoms with Crippen molar-refractivity contribution in [1.82, 2.24) is 10.3 Å². The lowest BCUT2D eigenvalue weighted by Crippen LogP contribution is -2.51. The Bertz CT molecular complexity index is 1380. The quantitative estimate of drug-likeness (QED) is 0.349. The van der Waals surface area contributed by atoms with Crippen LogP contribution < -0.4 is 10.2 Å². The van der Waals surface area contributed by atoms with Gasteiger partial charge in [0, 0.05) is 16.6 Å². The van der Waals surface area contributed by atoms with Crippen LogP contribution >= 0.6 is 0 Å². The summed E-state index contributed by atoms with van der Waals surface area (Å²) in [5.74, 6) is -1.64. The lowest BCUT2D eigenvalue weighted by atomic mass is 10.0. The highest BCUT2D eigenvalue weighted by Crippen LogP contribution is 2.34. The van der Waals surface area contributed by atoms with E-state index in [1.165, 1.54) is 0 Å². The van der Waals surface area contributed by atoms with Gasteiger partial charge in [0.25, 0.3) is 5.91 Å². The molecule has 0 fully saturated rings. The fraction of sp³-hybridized carbons (Fsp3) is 0.207. The number of carbonyl (C=O) groups excluding carboxylic acids is 2. The van der Waals surface area contributed by atoms with Crippen molar-refractivity contribution >= 4 is 34.4 Å². The van der Waals surface area contributed by atoms with Crippen molar-refractivity contribution in [2.24, 2.45) is 0 Å². The molecule has 2 heterocycles. The number of aromatic amines is 1. The lowest BCUT2D eigenvalue weighted by Gasteiger charge is -2.29. The zero-order valence-corrected chi connectivity index (χ0v) is 19.7. The molecule has 0 spiro atoms. The molecule has 0 aliphatic carbocycles. The number of carboxylic acids is 1. The summed E-state index contributed by atoms with van der Waals surface area (Å²) in [4.78, 5) is 43.5. The van der Waals surface area contributed by atoms with E-state index in [2.05, 4.69) is 10.3 Å². The second-order valence-corrected chi connectivity index (χ2v) is 9.11. The number of fused-ring (bicyclic) bond motifs is 2. The summed E-state index contributed by atoms with van der Waals surface area (Å²) in [5, 5.41) is 13.3. The van der Waals surface area contributed by atoms with E-state index in [1.807, 2.05) is 78.9 Å². The molecule has 3 N–H and O–H groups in total. The van der Waals surface area contributed by atoms with E-state index in [0.717, 1.165) is 22.0 Å². The Kier molecular flexibility index (Phi) is 6.54. The SMILES string of the molecule is O=C(O)CC1Cc2ccccc2N1C(=O)C(CCc1ccccc1)NC(=O)c1cc2ccccc2[nH]1. The molecule has 0 bridgehead atoms. The number of rotatable bonds is 8. The van der Waals surface area contributed by atoms with Gasteiger partial charge in [-0.15, -0.1) is 0 Å². The summed E-state index contributed by atoms with van der Waals surface area (Å²) in [6.07, 6.45) is 1.27. The summed E-state index contributed by atoms with van der Waals surface area (Å²) < 4.78 is 0. The van der Waals surface area contributed by atoms with Gasteiger partial charge in [-0.2, -0.15) is 0 Å². The van der Waals surface area contributed by atoms with E-state index in [-0.39, 0.29) is 18.2 Å². The number of carbonyl (C=O) groups is 3. The molecule has 1 aromatic heterocycles. The summed E-state index contributed by atoms with van der Waals surface area (Å²) in [7, 11) is 0. The number of benzene rings is 3. The van der Waals surface area contributed by atoms with E-state index >= 15 is 0 Å². The average molecular weight is 482 g/mol. The molecule has 4 aromatic rings. The molecule has 3 aromatic carbocycles. The van der Waals surface area contributed by atoms with Crippen LogP contribution in [0.1, 0.15) is 34.5 Å². The minimum Gasteiger partial charge on any atom is -0.481 e. The van der Waals surface area contributed by atoms with Gasteiger partial charge in [-0.1, -0.05) is 66.7 Å². The van der Waals surface area contributed by atoms with Gasteiger partial charge in [0.05, 0.1) is 12.5 Å². The molecule has 1 aliphatic rings. The second kappa shape index (κ2) is 10.1. The lowest BCUT2D eigenvalue weighted by molar-refractivity contribution is -0.137. The van der Waals surface area contributed by atoms with Crippen molar-refractivity contribution < 1.29 is 19.5 Å². The highest BCUT2D eigenvalue weighted by molar-refractivity contribution is 6.04. The Morgan fingerprint density at radius 2 is 1.69 bits per heavy atom. The number of hydrogen-bond acceptors (Lipinski definition) is 3. The second-order valence-electron chi connectivity index (χ2n) is 9.11. The Labute approximate surface area is 208 Å². The standard InChI is InChI=1S/C29H27N3O4/c33-27(34)18-22-16-21-11-5-7-13-26(21)32(22)29(36)24(15-14-19-8-2-1-3-9-19)31-28(35)25-17-20-10-4-6-12-23(20)30-25/h1-13,17,22,24,30H,14-16,18H2,(H,31,35)(H,33,34). The number of aliphatic carboxylic acids is 1. The Balaban J connectivity index is 1.44. The van der Waals surface area contributed by atoms with Crippen molar-refractivity contribution in [3.8, 4) is 0 Å². The van der Waals surface area contributed by atoms with Crippen LogP contribution in [0.4, 0.5) is 5.69 Å². The first-order valence-corrected chi connectivity index (χ1v) is 12.0. The van der Waals surface area contributed by atoms with E-state index in [9.17, 15) is 19.5 Å². The number of nitrogens with one attached hydrogen (secondary N) is 2. The largest absolute Gasteiger partial charge is 0.481 e. The normalized spacial score (nSPS) is 15.4. The van der Waals surface area contributed by atoms with Gasteiger partial charge in [0.2, 0.25) is 5.91 Å². The average Bonchev–Trinajstić information content (AvgIpc) is 3.47. The molecule has 1 aliphatic heterocycles. The molecule has 2 amide bonds. The van der Waals surface area contributed by atoms with Gasteiger partial charge in [0.1, 0.15) is 11.7 Å². The van der Waals surface area contributed by atoms with Crippen LogP contribution in [0.15, 0.2) is 84.9 Å². The van der Waals surface area contributed by atoms with Crippen LogP contribution in [0.5, 0.6) is 0 Å². The molecule has 7 nitrogen and oxygen atoms in total. The van der Waals surface area contributed by atoms with E-state index in [0.29, 0.717) is 30.6 Å². The molecule has 0 saturated carbocycles. The van der Waals surface area contributed by atoms with Crippen LogP contribution in [0.3, 0.4) is 0 Å². The van der Waals surface area contributed by atoms with Crippen molar-refractivity contribution in [2.75, 3.05) is 4.90 Å². The topological polar surface area (TPSA) is 102 Å². The Morgan fingerprint density at radius 1 is 0.972 bits per heavy atom. The predicted octanol–water partition coefficient (Wildman–Crippen LogP) is 4.33. The van der Waals surface area contributed by atoms with E-state index in [1.54, 1.807) is 11.0 Å². The maximum Gasteiger partial charge on any atom is 0.305 e. The first-order chi connectivity index (χ1) is 17.5. The maximum absolute atomic E-state index is 14.0. The highest BCUT2D eigenvalue weighted by Gasteiger charge is 2.38. The van der Waals surface area contributed by atoms with Gasteiger partial charge in [-0.25, -0.2) is 0 Å². The maximum atomic E-state index is 14.0. The Hall–Kier alpha value is -4.39. The third-order valence-electron chi connectivity index (χ3n) is 6.66. The fourth-order valence-corrected chi connectivity index (χ4v) is 4.94. The number of aryl methyl sites for hydroxylation is 1. The smallest absolute Gasteiger partial charge is 0.305 e. The first kappa shape index (κ1) is 23.4. The summed E-state index contributed by atoms with van der Waals surface area (Å²) in [6.45, 7) is 0. The number of aromatic nitrogens is 1. The molecule has 7 heteroatoms. The molecule has 182 valence electrons. The Morgan fingerprint density at radius 3 is 2.47 bits per heavy atom. The van der Waals surface area contributed by atoms with E-state index in [4.69, 9.17) is 0 Å². The summed E-state index contributed by atoms with van der Waals surface area (Å²) in [5.41, 5.74) is 3.90. The first-order valence-electron chi connectivity index (χ1n) is 12.0. The number of amides is 2. The molecule has 0 radical (unpaired) electrons. The summed E-state index contributed by atoms with van der Waals surface area (Å²) in [6, 6.07) is 25.3. The third kappa shape index (κ3) is 4.86. The van der Waals surface area contributed by atoms with Crippen LogP contribution in [-0.4, -0.2) is 40.0 Å². The van der Waals surface area contributed by atoms with Gasteiger partial charge in [-0.3, -0.25) is 14.4 Å². The molecular weight excluding hydrogens is 454 g/mol. The molecular formula is C29H27N3O4. The van der Waals surface area contributed by atoms with Crippen LogP contribution in [-0.2, 0) is 22.4 Å². The highest BCUT2D eigenvalue weighted by atomic mass is 16.4. The van der Waals surface area contributed by atoms with Gasteiger partial charge < -0.3 is 20.3 Å². The number of anilines is 1. The molecule has 2 unspecified atom stereocenters. The van der Waals surface area contributed by atoms with Crippen LogP contribution in [0.2, 0.25) is 0 Å². The van der Waals surface area contributed by atoms with Gasteiger partial charge in [0.15, 0.2) is 0 Å². The molecule has 36 heavy (non-hydrogen) atoms. The van der Waals surface area contributed by atoms with E-state index < -0.39 is 18.1 Å². The number of carboxylic acid groups (broad SMARTS) is 1. The summed E-state index contributed by atoms with van der Waals surface area (Å²) >= 11 is 0. The van der Waals surface area contributed by atoms with Crippen molar-refractivity contribution in [3.05, 3.63) is 102 Å². The number of nitrogens with zero attached hydrogens (tertiary/aromatic N) is 1. The van der Waals surface area contributed by atoms with Gasteiger partial charge in [-0.05, 0) is 48.6 Å². The third-order valence-corrected chi connectivity index (χ3v) is 6.66. The minimum atomic E-state index is -0.964. The zero-order chi connectivity index (χ0) is 25.1. The van der Waals surface area contributed by atoms with Crippen molar-refractivity contribution in [3.63, 3.8) is 0 Å². The molecule has 0 saturated heterocycles.